The average molecular weight is 239 g/mol. The number of benzene rings is 1. The minimum atomic E-state index is -0.425. The Morgan fingerprint density at radius 3 is 2.69 bits per heavy atom. The number of fused-ring (bicyclic) bond motifs is 1. The zero-order valence-corrected chi connectivity index (χ0v) is 9.76. The molecule has 0 unspecified atom stereocenters. The first-order chi connectivity index (χ1) is 7.54. The number of hydrogen-bond acceptors (Lipinski definition) is 2. The average Bonchev–Trinajstić information content (AvgIpc) is 2.21. The van der Waals surface area contributed by atoms with Crippen molar-refractivity contribution in [2.75, 3.05) is 0 Å². The molecule has 0 aliphatic carbocycles. The molecule has 0 saturated carbocycles. The van der Waals surface area contributed by atoms with Crippen molar-refractivity contribution in [2.45, 2.75) is 20.4 Å². The fourth-order valence-corrected chi connectivity index (χ4v) is 2.06. The van der Waals surface area contributed by atoms with Crippen LogP contribution in [-0.4, -0.2) is 9.55 Å². The highest BCUT2D eigenvalue weighted by Gasteiger charge is 2.09. The molecule has 4 nitrogen and oxygen atoms in total. The maximum Gasteiger partial charge on any atom is 0.328 e. The minimum absolute atomic E-state index is 0.299. The summed E-state index contributed by atoms with van der Waals surface area (Å²) in [5.74, 6) is 0. The number of aryl methyl sites for hydroxylation is 1. The smallest absolute Gasteiger partial charge is 0.305 e. The zero-order chi connectivity index (χ0) is 11.9. The normalized spacial score (nSPS) is 10.9. The summed E-state index contributed by atoms with van der Waals surface area (Å²) in [6.45, 7) is 3.95. The van der Waals surface area contributed by atoms with Crippen LogP contribution in [0.1, 0.15) is 12.5 Å². The highest BCUT2D eigenvalue weighted by Crippen LogP contribution is 2.19. The van der Waals surface area contributed by atoms with Gasteiger partial charge in [-0.15, -0.1) is 0 Å². The number of rotatable bonds is 1. The molecule has 16 heavy (non-hydrogen) atoms. The lowest BCUT2D eigenvalue weighted by Gasteiger charge is -2.05. The van der Waals surface area contributed by atoms with Gasteiger partial charge in [-0.1, -0.05) is 11.6 Å². The molecule has 0 bridgehead atoms. The van der Waals surface area contributed by atoms with Crippen LogP contribution in [0.2, 0.25) is 5.02 Å². The van der Waals surface area contributed by atoms with Crippen molar-refractivity contribution in [3.63, 3.8) is 0 Å². The van der Waals surface area contributed by atoms with Crippen molar-refractivity contribution in [2.24, 2.45) is 0 Å². The van der Waals surface area contributed by atoms with Gasteiger partial charge in [0.2, 0.25) is 0 Å². The summed E-state index contributed by atoms with van der Waals surface area (Å²) in [7, 11) is 0. The fourth-order valence-electron chi connectivity index (χ4n) is 1.74. The van der Waals surface area contributed by atoms with Gasteiger partial charge in [0.25, 0.3) is 5.56 Å². The third-order valence-corrected chi connectivity index (χ3v) is 2.80. The molecule has 1 heterocycles. The number of hydrogen-bond donors (Lipinski definition) is 1. The van der Waals surface area contributed by atoms with Gasteiger partial charge in [-0.05, 0) is 31.5 Å². The molecule has 84 valence electrons. The van der Waals surface area contributed by atoms with Gasteiger partial charge in [0.15, 0.2) is 0 Å². The van der Waals surface area contributed by atoms with Crippen molar-refractivity contribution < 1.29 is 0 Å². The lowest BCUT2D eigenvalue weighted by atomic mass is 10.1. The molecule has 0 aliphatic rings. The molecule has 0 fully saturated rings. The molecular weight excluding hydrogens is 228 g/mol. The van der Waals surface area contributed by atoms with Gasteiger partial charge in [-0.25, -0.2) is 4.79 Å². The molecular formula is C11H11ClN2O2. The van der Waals surface area contributed by atoms with Crippen molar-refractivity contribution in [1.82, 2.24) is 9.55 Å². The molecule has 2 aromatic rings. The lowest BCUT2D eigenvalue weighted by Crippen LogP contribution is -2.34. The maximum atomic E-state index is 12.0. The first-order valence-electron chi connectivity index (χ1n) is 4.97. The van der Waals surface area contributed by atoms with E-state index in [1.165, 1.54) is 0 Å². The second-order valence-corrected chi connectivity index (χ2v) is 4.06. The summed E-state index contributed by atoms with van der Waals surface area (Å²) < 4.78 is 1.15. The standard InChI is InChI=1S/C11H11ClN2O2/c1-3-14-10(15)7-4-6(2)5-8(12)9(7)13-11(14)16/h4-5H,3H2,1-2H3,(H,13,16). The van der Waals surface area contributed by atoms with Crippen LogP contribution in [0.15, 0.2) is 21.7 Å². The van der Waals surface area contributed by atoms with E-state index in [2.05, 4.69) is 4.98 Å². The van der Waals surface area contributed by atoms with Crippen LogP contribution in [0, 0.1) is 6.92 Å². The topological polar surface area (TPSA) is 54.9 Å². The van der Waals surface area contributed by atoms with Crippen LogP contribution >= 0.6 is 11.6 Å². The first-order valence-corrected chi connectivity index (χ1v) is 5.35. The maximum absolute atomic E-state index is 12.0. The second-order valence-electron chi connectivity index (χ2n) is 3.65. The van der Waals surface area contributed by atoms with Gasteiger partial charge >= 0.3 is 5.69 Å². The molecule has 0 saturated heterocycles. The summed E-state index contributed by atoms with van der Waals surface area (Å²) in [4.78, 5) is 26.2. The molecule has 1 aromatic carbocycles. The first kappa shape index (κ1) is 11.0. The van der Waals surface area contributed by atoms with E-state index in [-0.39, 0.29) is 5.56 Å². The Bertz CT molecular complexity index is 670. The van der Waals surface area contributed by atoms with E-state index in [1.807, 2.05) is 6.92 Å². The van der Waals surface area contributed by atoms with Crippen molar-refractivity contribution in [3.8, 4) is 0 Å². The van der Waals surface area contributed by atoms with Crippen LogP contribution in [0.5, 0.6) is 0 Å². The Kier molecular flexibility index (Phi) is 2.59. The SMILES string of the molecule is CCn1c(=O)[nH]c2c(Cl)cc(C)cc2c1=O. The Labute approximate surface area is 96.5 Å². The van der Waals surface area contributed by atoms with Gasteiger partial charge in [0, 0.05) is 6.54 Å². The fraction of sp³-hybridized carbons (Fsp3) is 0.273. The van der Waals surface area contributed by atoms with Gasteiger partial charge in [-0.3, -0.25) is 9.36 Å². The van der Waals surface area contributed by atoms with Gasteiger partial charge in [-0.2, -0.15) is 0 Å². The Morgan fingerprint density at radius 2 is 2.06 bits per heavy atom. The van der Waals surface area contributed by atoms with Crippen LogP contribution < -0.4 is 11.2 Å². The third kappa shape index (κ3) is 1.55. The quantitative estimate of drug-likeness (QED) is 0.822. The Hall–Kier alpha value is -1.55. The number of H-pyrrole nitrogens is 1. The highest BCUT2D eigenvalue weighted by atomic mass is 35.5. The van der Waals surface area contributed by atoms with E-state index in [0.29, 0.717) is 22.5 Å². The van der Waals surface area contributed by atoms with Crippen molar-refractivity contribution in [3.05, 3.63) is 43.6 Å². The van der Waals surface area contributed by atoms with E-state index in [0.717, 1.165) is 10.1 Å². The predicted molar refractivity (Wildman–Crippen MR) is 64.2 cm³/mol. The van der Waals surface area contributed by atoms with E-state index < -0.39 is 5.69 Å². The number of nitrogens with one attached hydrogen (secondary N) is 1. The monoisotopic (exact) mass is 238 g/mol. The van der Waals surface area contributed by atoms with Crippen LogP contribution in [0.3, 0.4) is 0 Å². The molecule has 0 aliphatic heterocycles. The van der Waals surface area contributed by atoms with E-state index in [4.69, 9.17) is 11.6 Å². The predicted octanol–water partition coefficient (Wildman–Crippen LogP) is 1.67. The van der Waals surface area contributed by atoms with Crippen molar-refractivity contribution >= 4 is 22.5 Å². The summed E-state index contributed by atoms with van der Waals surface area (Å²) in [6.07, 6.45) is 0. The van der Waals surface area contributed by atoms with E-state index in [1.54, 1.807) is 19.1 Å². The number of halogens is 1. The highest BCUT2D eigenvalue weighted by molar-refractivity contribution is 6.35. The van der Waals surface area contributed by atoms with Crippen molar-refractivity contribution in [1.29, 1.82) is 0 Å². The molecule has 5 heteroatoms. The minimum Gasteiger partial charge on any atom is -0.305 e. The van der Waals surface area contributed by atoms with Crippen LogP contribution in [-0.2, 0) is 6.54 Å². The van der Waals surface area contributed by atoms with E-state index >= 15 is 0 Å². The summed E-state index contributed by atoms with van der Waals surface area (Å²) in [5, 5.41) is 0.846. The largest absolute Gasteiger partial charge is 0.328 e. The molecule has 0 radical (unpaired) electrons. The Morgan fingerprint density at radius 1 is 1.38 bits per heavy atom. The number of aromatic nitrogens is 2. The van der Waals surface area contributed by atoms with Crippen LogP contribution in [0.25, 0.3) is 10.9 Å². The van der Waals surface area contributed by atoms with Gasteiger partial charge in [0.05, 0.1) is 15.9 Å². The number of aromatic amines is 1. The molecule has 1 N–H and O–H groups in total. The van der Waals surface area contributed by atoms with Gasteiger partial charge in [0.1, 0.15) is 0 Å². The Balaban J connectivity index is 3.05. The molecule has 0 amide bonds. The van der Waals surface area contributed by atoms with Crippen LogP contribution in [0.4, 0.5) is 0 Å². The lowest BCUT2D eigenvalue weighted by molar-refractivity contribution is 0.684. The molecule has 0 atom stereocenters. The molecule has 1 aromatic heterocycles. The summed E-state index contributed by atoms with van der Waals surface area (Å²) in [5.41, 5.74) is 0.578. The van der Waals surface area contributed by atoms with Gasteiger partial charge < -0.3 is 4.98 Å². The summed E-state index contributed by atoms with van der Waals surface area (Å²) >= 11 is 5.98. The second kappa shape index (κ2) is 3.79. The summed E-state index contributed by atoms with van der Waals surface area (Å²) in [6, 6.07) is 3.45. The number of nitrogens with zero attached hydrogens (tertiary/aromatic N) is 1. The zero-order valence-electron chi connectivity index (χ0n) is 9.00. The molecule has 0 spiro atoms. The molecule has 2 rings (SSSR count). The van der Waals surface area contributed by atoms with E-state index in [9.17, 15) is 9.59 Å². The third-order valence-electron chi connectivity index (χ3n) is 2.50.